The van der Waals surface area contributed by atoms with Crippen LogP contribution in [0, 0.1) is 6.92 Å². The number of methoxy groups -OCH3 is 1. The van der Waals surface area contributed by atoms with Crippen LogP contribution in [0.1, 0.15) is 67.8 Å². The van der Waals surface area contributed by atoms with E-state index in [2.05, 4.69) is 51.7 Å². The van der Waals surface area contributed by atoms with E-state index in [-0.39, 0.29) is 21.6 Å². The van der Waals surface area contributed by atoms with Gasteiger partial charge in [-0.15, -0.1) is 0 Å². The smallest absolute Gasteiger partial charge is 0.307 e. The van der Waals surface area contributed by atoms with Gasteiger partial charge in [0.25, 0.3) is 0 Å². The number of aromatic hydroxyl groups is 1. The van der Waals surface area contributed by atoms with E-state index >= 15 is 0 Å². The van der Waals surface area contributed by atoms with Gasteiger partial charge in [-0.3, -0.25) is 9.78 Å². The van der Waals surface area contributed by atoms with E-state index in [1.54, 1.807) is 7.11 Å². The largest absolute Gasteiger partial charge is 0.494 e. The van der Waals surface area contributed by atoms with Crippen LogP contribution in [0.4, 0.5) is 0 Å². The Morgan fingerprint density at radius 3 is 2.35 bits per heavy atom. The summed E-state index contributed by atoms with van der Waals surface area (Å²) in [6.07, 6.45) is 2.70. The fourth-order valence-electron chi connectivity index (χ4n) is 4.56. The first-order valence-corrected chi connectivity index (χ1v) is 11.4. The van der Waals surface area contributed by atoms with Gasteiger partial charge < -0.3 is 9.84 Å². The van der Waals surface area contributed by atoms with E-state index < -0.39 is 0 Å². The van der Waals surface area contributed by atoms with E-state index in [0.29, 0.717) is 17.0 Å². The number of nitrogens with zero attached hydrogens (tertiary/aromatic N) is 1. The standard InChI is InChI=1S/C25H30N2O3S/c1-14-11-17-18(25(4,5)10-9-24(17,2)3)13-16(14)21-19(30-6)8-7-15(26-21)12-20-22(28)27-23(29)31-20/h7-8,11,13,28H,9-10,12H2,1-6H3,(H,27,29). The molecule has 0 aliphatic heterocycles. The van der Waals surface area contributed by atoms with E-state index in [9.17, 15) is 9.90 Å². The van der Waals surface area contributed by atoms with E-state index in [1.165, 1.54) is 23.1 Å². The third-order valence-corrected chi connectivity index (χ3v) is 7.50. The van der Waals surface area contributed by atoms with Crippen molar-refractivity contribution in [3.05, 3.63) is 61.2 Å². The summed E-state index contributed by atoms with van der Waals surface area (Å²) in [4.78, 5) is 19.2. The molecule has 6 heteroatoms. The van der Waals surface area contributed by atoms with Gasteiger partial charge in [-0.05, 0) is 65.5 Å². The summed E-state index contributed by atoms with van der Waals surface area (Å²) < 4.78 is 5.66. The molecule has 5 nitrogen and oxygen atoms in total. The number of benzene rings is 1. The number of aromatic nitrogens is 2. The van der Waals surface area contributed by atoms with Crippen LogP contribution >= 0.6 is 11.3 Å². The molecule has 0 saturated heterocycles. The molecule has 1 aromatic carbocycles. The number of rotatable bonds is 4. The van der Waals surface area contributed by atoms with E-state index in [4.69, 9.17) is 9.72 Å². The molecule has 4 rings (SSSR count). The van der Waals surface area contributed by atoms with Crippen molar-refractivity contribution in [2.24, 2.45) is 0 Å². The van der Waals surface area contributed by atoms with Crippen LogP contribution in [0.25, 0.3) is 11.3 Å². The van der Waals surface area contributed by atoms with Gasteiger partial charge in [-0.25, -0.2) is 4.98 Å². The number of H-pyrrole nitrogens is 1. The Balaban J connectivity index is 1.85. The van der Waals surface area contributed by atoms with Crippen molar-refractivity contribution in [2.75, 3.05) is 7.11 Å². The lowest BCUT2D eigenvalue weighted by Crippen LogP contribution is -2.34. The van der Waals surface area contributed by atoms with Gasteiger partial charge in [0.15, 0.2) is 0 Å². The van der Waals surface area contributed by atoms with Gasteiger partial charge in [0.1, 0.15) is 11.4 Å². The number of fused-ring (bicyclic) bond motifs is 1. The summed E-state index contributed by atoms with van der Waals surface area (Å²) in [7, 11) is 1.66. The Morgan fingerprint density at radius 2 is 1.77 bits per heavy atom. The third-order valence-electron chi connectivity index (χ3n) is 6.63. The number of thiazole rings is 1. The van der Waals surface area contributed by atoms with Gasteiger partial charge in [0.2, 0.25) is 5.88 Å². The maximum atomic E-state index is 11.5. The van der Waals surface area contributed by atoms with Crippen molar-refractivity contribution in [1.82, 2.24) is 9.97 Å². The number of ether oxygens (including phenoxy) is 1. The molecular weight excluding hydrogens is 408 g/mol. The van der Waals surface area contributed by atoms with Crippen LogP contribution < -0.4 is 9.61 Å². The first kappa shape index (κ1) is 21.6. The molecule has 0 unspecified atom stereocenters. The predicted octanol–water partition coefficient (Wildman–Crippen LogP) is 5.46. The zero-order valence-corrected chi connectivity index (χ0v) is 19.9. The molecule has 0 saturated carbocycles. The number of aromatic amines is 1. The summed E-state index contributed by atoms with van der Waals surface area (Å²) in [5.41, 5.74) is 6.84. The zero-order chi connectivity index (χ0) is 22.6. The number of hydrogen-bond acceptors (Lipinski definition) is 5. The van der Waals surface area contributed by atoms with Crippen LogP contribution in [0.15, 0.2) is 29.1 Å². The number of hydrogen-bond donors (Lipinski definition) is 2. The van der Waals surface area contributed by atoms with Crippen molar-refractivity contribution < 1.29 is 9.84 Å². The van der Waals surface area contributed by atoms with Gasteiger partial charge >= 0.3 is 4.87 Å². The molecule has 2 aromatic heterocycles. The highest BCUT2D eigenvalue weighted by Gasteiger charge is 2.37. The lowest BCUT2D eigenvalue weighted by Gasteiger charge is -2.42. The van der Waals surface area contributed by atoms with Gasteiger partial charge in [0.05, 0.1) is 12.0 Å². The molecule has 0 fully saturated rings. The Hall–Kier alpha value is -2.60. The van der Waals surface area contributed by atoms with E-state index in [1.807, 2.05) is 12.1 Å². The highest BCUT2D eigenvalue weighted by Crippen LogP contribution is 2.48. The molecular formula is C25H30N2O3S. The second-order valence-corrected chi connectivity index (χ2v) is 10.9. The quantitative estimate of drug-likeness (QED) is 0.567. The molecule has 1 aliphatic carbocycles. The Morgan fingerprint density at radius 1 is 1.13 bits per heavy atom. The van der Waals surface area contributed by atoms with Gasteiger partial charge in [-0.1, -0.05) is 45.1 Å². The highest BCUT2D eigenvalue weighted by molar-refractivity contribution is 7.09. The number of pyridine rings is 1. The predicted molar refractivity (Wildman–Crippen MR) is 126 cm³/mol. The fraction of sp³-hybridized carbons (Fsp3) is 0.440. The minimum Gasteiger partial charge on any atom is -0.494 e. The lowest BCUT2D eigenvalue weighted by atomic mass is 9.62. The number of nitrogens with one attached hydrogen (secondary N) is 1. The topological polar surface area (TPSA) is 75.2 Å². The highest BCUT2D eigenvalue weighted by atomic mass is 32.1. The third kappa shape index (κ3) is 3.89. The fourth-order valence-corrected chi connectivity index (χ4v) is 5.30. The molecule has 164 valence electrons. The second-order valence-electron chi connectivity index (χ2n) is 9.80. The molecule has 0 bridgehead atoms. The molecule has 3 aromatic rings. The first-order chi connectivity index (χ1) is 14.5. The maximum absolute atomic E-state index is 11.5. The van der Waals surface area contributed by atoms with Crippen molar-refractivity contribution in [2.45, 2.75) is 64.7 Å². The Bertz CT molecular complexity index is 1200. The summed E-state index contributed by atoms with van der Waals surface area (Å²) in [6, 6.07) is 8.42. The second kappa shape index (κ2) is 7.52. The monoisotopic (exact) mass is 438 g/mol. The van der Waals surface area contributed by atoms with Crippen molar-refractivity contribution in [3.8, 4) is 22.9 Å². The van der Waals surface area contributed by atoms with Crippen LogP contribution in [0.2, 0.25) is 0 Å². The molecule has 0 spiro atoms. The molecule has 0 amide bonds. The molecule has 0 atom stereocenters. The maximum Gasteiger partial charge on any atom is 0.307 e. The summed E-state index contributed by atoms with van der Waals surface area (Å²) in [6.45, 7) is 11.4. The normalized spacial score (nSPS) is 16.7. The molecule has 2 heterocycles. The van der Waals surface area contributed by atoms with Gasteiger partial charge in [0, 0.05) is 17.7 Å². The van der Waals surface area contributed by atoms with Crippen molar-refractivity contribution >= 4 is 11.3 Å². The summed E-state index contributed by atoms with van der Waals surface area (Å²) in [5, 5.41) is 9.97. The Labute approximate surface area is 187 Å². The van der Waals surface area contributed by atoms with Gasteiger partial charge in [-0.2, -0.15) is 0 Å². The molecule has 0 radical (unpaired) electrons. The van der Waals surface area contributed by atoms with Crippen molar-refractivity contribution in [3.63, 3.8) is 0 Å². The summed E-state index contributed by atoms with van der Waals surface area (Å²) in [5.74, 6) is 0.634. The average Bonchev–Trinajstić information content (AvgIpc) is 3.02. The summed E-state index contributed by atoms with van der Waals surface area (Å²) >= 11 is 1.01. The zero-order valence-electron chi connectivity index (χ0n) is 19.0. The number of aryl methyl sites for hydroxylation is 1. The van der Waals surface area contributed by atoms with Crippen molar-refractivity contribution in [1.29, 1.82) is 0 Å². The van der Waals surface area contributed by atoms with Crippen LogP contribution in [0.3, 0.4) is 0 Å². The molecule has 2 N–H and O–H groups in total. The minimum absolute atomic E-state index is 0.0805. The average molecular weight is 439 g/mol. The van der Waals surface area contributed by atoms with E-state index in [0.717, 1.165) is 34.7 Å². The first-order valence-electron chi connectivity index (χ1n) is 10.6. The molecule has 1 aliphatic rings. The van der Waals surface area contributed by atoms with Crippen LogP contribution in [-0.4, -0.2) is 22.2 Å². The SMILES string of the molecule is COc1ccc(Cc2sc(=O)[nH]c2O)nc1-c1cc2c(cc1C)C(C)(C)CCC2(C)C. The lowest BCUT2D eigenvalue weighted by molar-refractivity contribution is 0.332. The molecule has 31 heavy (non-hydrogen) atoms. The Kier molecular flexibility index (Phi) is 5.24. The van der Waals surface area contributed by atoms with Crippen LogP contribution in [0.5, 0.6) is 11.6 Å². The minimum atomic E-state index is -0.267. The van der Waals surface area contributed by atoms with Crippen LogP contribution in [-0.2, 0) is 17.3 Å².